The molecule has 0 bridgehead atoms. The van der Waals surface area contributed by atoms with Crippen LogP contribution in [0, 0.1) is 0 Å². The van der Waals surface area contributed by atoms with Crippen molar-refractivity contribution in [3.63, 3.8) is 0 Å². The minimum absolute atomic E-state index is 0.0130. The third-order valence-corrected chi connectivity index (χ3v) is 3.03. The molecule has 0 aliphatic heterocycles. The number of amides is 1. The fourth-order valence-electron chi connectivity index (χ4n) is 1.97. The van der Waals surface area contributed by atoms with Gasteiger partial charge in [0.15, 0.2) is 0 Å². The Morgan fingerprint density at radius 2 is 1.90 bits per heavy atom. The molecule has 1 heterocycles. The number of carbonyl (C=O) groups is 1. The maximum absolute atomic E-state index is 12.3. The first-order valence-corrected chi connectivity index (χ1v) is 6.79. The van der Waals surface area contributed by atoms with E-state index in [1.54, 1.807) is 6.07 Å². The Morgan fingerprint density at radius 3 is 2.57 bits per heavy atom. The number of aliphatic hydroxyl groups excluding tert-OH is 2. The number of aliphatic hydroxyl groups is 2. The molecule has 0 aliphatic carbocycles. The molecule has 0 saturated heterocycles. The first-order chi connectivity index (χ1) is 10.3. The molecule has 6 nitrogen and oxygen atoms in total. The molecular weight excluding hydrogens is 272 g/mol. The molecule has 0 unspecified atom stereocenters. The van der Waals surface area contributed by atoms with Crippen LogP contribution < -0.4 is 0 Å². The molecule has 1 amide bonds. The number of rotatable bonds is 7. The van der Waals surface area contributed by atoms with E-state index in [0.717, 1.165) is 5.56 Å². The van der Waals surface area contributed by atoms with Crippen LogP contribution in [-0.2, 0) is 0 Å². The normalized spacial score (nSPS) is 10.6. The van der Waals surface area contributed by atoms with Gasteiger partial charge in [0.2, 0.25) is 5.76 Å². The van der Waals surface area contributed by atoms with Gasteiger partial charge in [0.1, 0.15) is 5.69 Å². The minimum Gasteiger partial charge on any atom is -0.396 e. The van der Waals surface area contributed by atoms with Crippen LogP contribution in [0.2, 0.25) is 0 Å². The van der Waals surface area contributed by atoms with Gasteiger partial charge in [-0.3, -0.25) is 4.79 Å². The zero-order valence-electron chi connectivity index (χ0n) is 11.6. The second-order valence-corrected chi connectivity index (χ2v) is 4.54. The van der Waals surface area contributed by atoms with E-state index < -0.39 is 0 Å². The Kier molecular flexibility index (Phi) is 5.48. The molecule has 1 aromatic heterocycles. The van der Waals surface area contributed by atoms with E-state index in [2.05, 4.69) is 5.16 Å². The summed E-state index contributed by atoms with van der Waals surface area (Å²) in [5.41, 5.74) is 1.45. The molecule has 2 rings (SSSR count). The average molecular weight is 290 g/mol. The molecule has 6 heteroatoms. The van der Waals surface area contributed by atoms with Gasteiger partial charge in [0.05, 0.1) is 6.61 Å². The van der Waals surface area contributed by atoms with Gasteiger partial charge in [0.25, 0.3) is 5.91 Å². The first kappa shape index (κ1) is 15.2. The molecule has 0 aliphatic rings. The van der Waals surface area contributed by atoms with Crippen LogP contribution in [0.25, 0.3) is 11.3 Å². The highest BCUT2D eigenvalue weighted by Gasteiger charge is 2.20. The van der Waals surface area contributed by atoms with E-state index in [1.165, 1.54) is 4.90 Å². The highest BCUT2D eigenvalue weighted by molar-refractivity contribution is 5.92. The van der Waals surface area contributed by atoms with Gasteiger partial charge in [-0.05, 0) is 6.42 Å². The van der Waals surface area contributed by atoms with Gasteiger partial charge >= 0.3 is 0 Å². The summed E-state index contributed by atoms with van der Waals surface area (Å²) in [5, 5.41) is 21.8. The summed E-state index contributed by atoms with van der Waals surface area (Å²) >= 11 is 0. The lowest BCUT2D eigenvalue weighted by atomic mass is 10.1. The van der Waals surface area contributed by atoms with Crippen molar-refractivity contribution in [2.75, 3.05) is 26.3 Å². The number of carbonyl (C=O) groups excluding carboxylic acids is 1. The second kappa shape index (κ2) is 7.56. The van der Waals surface area contributed by atoms with Crippen LogP contribution in [0.3, 0.4) is 0 Å². The lowest BCUT2D eigenvalue weighted by Crippen LogP contribution is -2.34. The van der Waals surface area contributed by atoms with Gasteiger partial charge in [0, 0.05) is 31.3 Å². The van der Waals surface area contributed by atoms with Crippen LogP contribution in [0.1, 0.15) is 17.0 Å². The van der Waals surface area contributed by atoms with Crippen molar-refractivity contribution in [1.82, 2.24) is 10.1 Å². The summed E-state index contributed by atoms with van der Waals surface area (Å²) < 4.78 is 5.10. The first-order valence-electron chi connectivity index (χ1n) is 6.79. The summed E-state index contributed by atoms with van der Waals surface area (Å²) in [6.45, 7) is 0.398. The highest BCUT2D eigenvalue weighted by atomic mass is 16.5. The fraction of sp³-hybridized carbons (Fsp3) is 0.333. The Bertz CT molecular complexity index is 568. The molecule has 112 valence electrons. The van der Waals surface area contributed by atoms with E-state index in [4.69, 9.17) is 14.7 Å². The summed E-state index contributed by atoms with van der Waals surface area (Å²) in [7, 11) is 0. The number of hydrogen-bond donors (Lipinski definition) is 2. The molecule has 0 radical (unpaired) electrons. The third kappa shape index (κ3) is 3.90. The van der Waals surface area contributed by atoms with Crippen LogP contribution in [0.15, 0.2) is 40.9 Å². The Hall–Kier alpha value is -2.18. The van der Waals surface area contributed by atoms with E-state index in [0.29, 0.717) is 18.7 Å². The predicted octanol–water partition coefficient (Wildman–Crippen LogP) is 1.16. The van der Waals surface area contributed by atoms with Crippen molar-refractivity contribution < 1.29 is 19.5 Å². The third-order valence-electron chi connectivity index (χ3n) is 3.03. The Morgan fingerprint density at radius 1 is 1.14 bits per heavy atom. The van der Waals surface area contributed by atoms with Crippen molar-refractivity contribution in [3.8, 4) is 11.3 Å². The number of nitrogens with zero attached hydrogens (tertiary/aromatic N) is 2. The largest absolute Gasteiger partial charge is 0.396 e. The molecule has 21 heavy (non-hydrogen) atoms. The zero-order valence-corrected chi connectivity index (χ0v) is 11.6. The van der Waals surface area contributed by atoms with E-state index in [9.17, 15) is 4.79 Å². The van der Waals surface area contributed by atoms with Crippen LogP contribution in [0.5, 0.6) is 0 Å². The summed E-state index contributed by atoms with van der Waals surface area (Å²) in [5.74, 6) is -0.215. The summed E-state index contributed by atoms with van der Waals surface area (Å²) in [6.07, 6.45) is 0.450. The van der Waals surface area contributed by atoms with Crippen molar-refractivity contribution in [3.05, 3.63) is 42.2 Å². The van der Waals surface area contributed by atoms with Crippen molar-refractivity contribution in [1.29, 1.82) is 0 Å². The molecule has 0 saturated carbocycles. The van der Waals surface area contributed by atoms with Crippen LogP contribution >= 0.6 is 0 Å². The van der Waals surface area contributed by atoms with Gasteiger partial charge in [-0.25, -0.2) is 0 Å². The monoisotopic (exact) mass is 290 g/mol. The van der Waals surface area contributed by atoms with E-state index >= 15 is 0 Å². The predicted molar refractivity (Wildman–Crippen MR) is 76.6 cm³/mol. The SMILES string of the molecule is O=C(c1cc(-c2ccccc2)no1)N(CCO)CCCO. The van der Waals surface area contributed by atoms with Gasteiger partial charge in [-0.15, -0.1) is 0 Å². The number of aromatic nitrogens is 1. The maximum Gasteiger partial charge on any atom is 0.292 e. The lowest BCUT2D eigenvalue weighted by molar-refractivity contribution is 0.0669. The zero-order chi connectivity index (χ0) is 15.1. The number of benzene rings is 1. The second-order valence-electron chi connectivity index (χ2n) is 4.54. The molecule has 1 aromatic carbocycles. The quantitative estimate of drug-likeness (QED) is 0.799. The summed E-state index contributed by atoms with van der Waals surface area (Å²) in [4.78, 5) is 13.7. The standard InChI is InChI=1S/C15H18N2O4/c18-9-4-7-17(8-10-19)15(20)14-11-13(16-21-14)12-5-2-1-3-6-12/h1-3,5-6,11,18-19H,4,7-10H2. The molecule has 0 fully saturated rings. The van der Waals surface area contributed by atoms with Crippen LogP contribution in [-0.4, -0.2) is 52.5 Å². The molecule has 2 aromatic rings. The minimum atomic E-state index is -0.341. The average Bonchev–Trinajstić information content (AvgIpc) is 3.01. The molecular formula is C15H18N2O4. The molecule has 0 atom stereocenters. The fourth-order valence-corrected chi connectivity index (χ4v) is 1.97. The number of hydrogen-bond acceptors (Lipinski definition) is 5. The van der Waals surface area contributed by atoms with Crippen LogP contribution in [0.4, 0.5) is 0 Å². The Labute approximate surface area is 122 Å². The topological polar surface area (TPSA) is 86.8 Å². The van der Waals surface area contributed by atoms with E-state index in [-0.39, 0.29) is 31.4 Å². The van der Waals surface area contributed by atoms with Crippen molar-refractivity contribution in [2.24, 2.45) is 0 Å². The summed E-state index contributed by atoms with van der Waals surface area (Å²) in [6, 6.07) is 11.0. The van der Waals surface area contributed by atoms with E-state index in [1.807, 2.05) is 30.3 Å². The van der Waals surface area contributed by atoms with Gasteiger partial charge in [-0.1, -0.05) is 35.5 Å². The van der Waals surface area contributed by atoms with Crippen molar-refractivity contribution >= 4 is 5.91 Å². The highest BCUT2D eigenvalue weighted by Crippen LogP contribution is 2.19. The maximum atomic E-state index is 12.3. The van der Waals surface area contributed by atoms with Crippen molar-refractivity contribution in [2.45, 2.75) is 6.42 Å². The lowest BCUT2D eigenvalue weighted by Gasteiger charge is -2.19. The molecule has 2 N–H and O–H groups in total. The molecule has 0 spiro atoms. The smallest absolute Gasteiger partial charge is 0.292 e. The van der Waals surface area contributed by atoms with Gasteiger partial charge in [-0.2, -0.15) is 0 Å². The Balaban J connectivity index is 2.13. The van der Waals surface area contributed by atoms with Gasteiger partial charge < -0.3 is 19.6 Å².